The number of rotatable bonds is 8. The Morgan fingerprint density at radius 3 is 2.10 bits per heavy atom. The minimum absolute atomic E-state index is 0.154. The number of hydrogen-bond donors (Lipinski definition) is 3. The molecule has 16 atom stereocenters. The van der Waals surface area contributed by atoms with Gasteiger partial charge in [-0.3, -0.25) is 9.59 Å². The van der Waals surface area contributed by atoms with E-state index in [9.17, 15) is 24.9 Å². The van der Waals surface area contributed by atoms with Gasteiger partial charge in [0, 0.05) is 38.5 Å². The minimum Gasteiger partial charge on any atom is -0.459 e. The van der Waals surface area contributed by atoms with Crippen LogP contribution in [0.2, 0.25) is 0 Å². The average molecular weight is 730 g/mol. The van der Waals surface area contributed by atoms with Crippen molar-refractivity contribution >= 4 is 11.8 Å². The molecular formula is C38H67NO12. The summed E-state index contributed by atoms with van der Waals surface area (Å²) in [6.07, 6.45) is -4.99. The molecule has 3 aliphatic rings. The van der Waals surface area contributed by atoms with Gasteiger partial charge in [-0.25, -0.2) is 0 Å². The van der Waals surface area contributed by atoms with E-state index in [0.29, 0.717) is 12.0 Å². The van der Waals surface area contributed by atoms with Crippen LogP contribution in [0.3, 0.4) is 0 Å². The van der Waals surface area contributed by atoms with Crippen molar-refractivity contribution in [2.45, 2.75) is 173 Å². The predicted octanol–water partition coefficient (Wildman–Crippen LogP) is 3.39. The molecule has 13 heteroatoms. The number of carbonyl (C=O) groups excluding carboxylic acids is 2. The molecule has 13 nitrogen and oxygen atoms in total. The number of carbonyl (C=O) groups is 2. The Morgan fingerprint density at radius 2 is 1.55 bits per heavy atom. The van der Waals surface area contributed by atoms with E-state index in [0.717, 1.165) is 0 Å². The Bertz CT molecular complexity index is 1210. The zero-order valence-corrected chi connectivity index (χ0v) is 33.4. The lowest BCUT2D eigenvalue weighted by Gasteiger charge is -2.49. The number of hydrogen-bond acceptors (Lipinski definition) is 13. The fourth-order valence-electron chi connectivity index (χ4n) is 8.27. The van der Waals surface area contributed by atoms with Gasteiger partial charge in [0.15, 0.2) is 18.4 Å². The van der Waals surface area contributed by atoms with Crippen molar-refractivity contribution in [1.82, 2.24) is 4.90 Å². The van der Waals surface area contributed by atoms with Crippen molar-refractivity contribution < 1.29 is 58.1 Å². The van der Waals surface area contributed by atoms with Crippen LogP contribution in [0.1, 0.15) is 94.9 Å². The van der Waals surface area contributed by atoms with E-state index in [4.69, 9.17) is 33.2 Å². The lowest BCUT2D eigenvalue weighted by molar-refractivity contribution is -0.319. The molecule has 2 saturated heterocycles. The Balaban J connectivity index is 2.22. The van der Waals surface area contributed by atoms with Crippen LogP contribution in [-0.4, -0.2) is 138 Å². The molecule has 0 aromatic carbocycles. The summed E-state index contributed by atoms with van der Waals surface area (Å²) in [7, 11) is 6.84. The van der Waals surface area contributed by atoms with Crippen molar-refractivity contribution in [1.29, 1.82) is 0 Å². The number of Topliss-reactive ketones (excluding diaryl/α,β-unsaturated/α-hetero) is 1. The van der Waals surface area contributed by atoms with Crippen molar-refractivity contribution in [2.24, 2.45) is 17.8 Å². The molecule has 3 rings (SSSR count). The molecule has 2 fully saturated rings. The van der Waals surface area contributed by atoms with Gasteiger partial charge in [0.25, 0.3) is 0 Å². The van der Waals surface area contributed by atoms with Gasteiger partial charge in [-0.1, -0.05) is 20.8 Å². The molecule has 296 valence electrons. The first-order chi connectivity index (χ1) is 23.5. The Kier molecular flexibility index (Phi) is 14.9. The second-order valence-corrected chi connectivity index (χ2v) is 16.2. The first kappa shape index (κ1) is 43.9. The normalized spacial score (nSPS) is 46.7. The van der Waals surface area contributed by atoms with Gasteiger partial charge < -0.3 is 53.4 Å². The maximum Gasteiger partial charge on any atom is 0.311 e. The Morgan fingerprint density at radius 1 is 0.941 bits per heavy atom. The van der Waals surface area contributed by atoms with E-state index >= 15 is 0 Å². The molecule has 0 aromatic rings. The van der Waals surface area contributed by atoms with E-state index in [1.807, 2.05) is 39.8 Å². The standard InChI is InChI=1S/C38H67NO12/c1-15-27-36(8,44)17-20(2)29(40)21(3)18-38(10,46-14)33(51-35-30(41)26(39(11)12)16-22(4)47-35)23(5)31(24(6)34(43)49-27)50-28-19-37(9,45-13)32(42)25(7)48-28/h17,21-28,30-33,35,41-42,44H,15-16,18-19H2,1-14H3/t21-,22?,23+,24-,25?,26-,27-,28+,30?,31+,32+,33-,35+,36+,37+,38-/m1/s1. The summed E-state index contributed by atoms with van der Waals surface area (Å²) in [6.45, 7) is 17.6. The topological polar surface area (TPSA) is 163 Å². The number of esters is 1. The zero-order valence-electron chi connectivity index (χ0n) is 33.4. The van der Waals surface area contributed by atoms with Gasteiger partial charge in [-0.15, -0.1) is 0 Å². The van der Waals surface area contributed by atoms with Crippen LogP contribution in [0.5, 0.6) is 0 Å². The summed E-state index contributed by atoms with van der Waals surface area (Å²) in [5.74, 6) is -3.03. The highest BCUT2D eigenvalue weighted by Crippen LogP contribution is 2.41. The summed E-state index contributed by atoms with van der Waals surface area (Å²) in [4.78, 5) is 29.9. The highest BCUT2D eigenvalue weighted by Gasteiger charge is 2.52. The van der Waals surface area contributed by atoms with Gasteiger partial charge in [-0.05, 0) is 93.5 Å². The molecule has 0 radical (unpaired) electrons. The SMILES string of the molecule is CC[C@H]1OC(=O)[C@H](C)[C@@H](O[C@H]2C[C@](C)(OC)[C@@H](O)C(C)O2)[C@H](C)[C@@H](O[C@@H]2OC(C)C[C@@H](N(C)C)C2O)[C@](C)(OC)C[C@@H](C)C(=O)C(C)=C[C@]1(C)O. The maximum absolute atomic E-state index is 14.1. The second-order valence-electron chi connectivity index (χ2n) is 16.2. The van der Waals surface area contributed by atoms with E-state index in [1.54, 1.807) is 41.5 Å². The number of methoxy groups -OCH3 is 2. The van der Waals surface area contributed by atoms with Crippen LogP contribution < -0.4 is 0 Å². The van der Waals surface area contributed by atoms with Crippen LogP contribution >= 0.6 is 0 Å². The number of ether oxygens (including phenoxy) is 7. The number of aliphatic hydroxyl groups is 3. The molecule has 0 amide bonds. The number of cyclic esters (lactones) is 1. The highest BCUT2D eigenvalue weighted by molar-refractivity contribution is 5.96. The van der Waals surface area contributed by atoms with Gasteiger partial charge >= 0.3 is 5.97 Å². The fraction of sp³-hybridized carbons (Fsp3) is 0.895. The quantitative estimate of drug-likeness (QED) is 0.312. The van der Waals surface area contributed by atoms with E-state index in [1.165, 1.54) is 27.2 Å². The largest absolute Gasteiger partial charge is 0.459 e. The number of aliphatic hydroxyl groups excluding tert-OH is 2. The number of allylic oxidation sites excluding steroid dienone is 1. The van der Waals surface area contributed by atoms with Crippen molar-refractivity contribution in [3.05, 3.63) is 11.6 Å². The third-order valence-corrected chi connectivity index (χ3v) is 11.6. The van der Waals surface area contributed by atoms with Crippen LogP contribution in [-0.2, 0) is 42.7 Å². The predicted molar refractivity (Wildman–Crippen MR) is 190 cm³/mol. The third-order valence-electron chi connectivity index (χ3n) is 11.6. The lowest BCUT2D eigenvalue weighted by atomic mass is 9.76. The smallest absolute Gasteiger partial charge is 0.311 e. The van der Waals surface area contributed by atoms with Gasteiger partial charge in [0.05, 0.1) is 41.5 Å². The highest BCUT2D eigenvalue weighted by atomic mass is 16.7. The van der Waals surface area contributed by atoms with Crippen molar-refractivity contribution in [3.63, 3.8) is 0 Å². The third kappa shape index (κ3) is 9.78. The summed E-state index contributed by atoms with van der Waals surface area (Å²) in [5, 5.41) is 34.0. The molecule has 3 heterocycles. The van der Waals surface area contributed by atoms with Gasteiger partial charge in [0.1, 0.15) is 23.9 Å². The first-order valence-corrected chi connectivity index (χ1v) is 18.5. The summed E-state index contributed by atoms with van der Waals surface area (Å²) in [6, 6.07) is -0.260. The van der Waals surface area contributed by atoms with Gasteiger partial charge in [-0.2, -0.15) is 0 Å². The minimum atomic E-state index is -1.64. The molecule has 3 N–H and O–H groups in total. The zero-order chi connectivity index (χ0) is 38.8. The molecular weight excluding hydrogens is 662 g/mol. The van der Waals surface area contributed by atoms with Crippen LogP contribution in [0.4, 0.5) is 0 Å². The van der Waals surface area contributed by atoms with E-state index in [-0.39, 0.29) is 37.2 Å². The summed E-state index contributed by atoms with van der Waals surface area (Å²) < 4.78 is 44.0. The number of ketones is 1. The summed E-state index contributed by atoms with van der Waals surface area (Å²) in [5.41, 5.74) is -3.50. The fourth-order valence-corrected chi connectivity index (χ4v) is 8.27. The van der Waals surface area contributed by atoms with Crippen LogP contribution in [0.25, 0.3) is 0 Å². The molecule has 0 aromatic heterocycles. The van der Waals surface area contributed by atoms with Crippen LogP contribution in [0, 0.1) is 17.8 Å². The lowest BCUT2D eigenvalue weighted by Crippen LogP contribution is -2.61. The number of likely N-dealkylation sites (N-methyl/N-ethyl adjacent to an activating group) is 1. The summed E-state index contributed by atoms with van der Waals surface area (Å²) >= 11 is 0. The first-order valence-electron chi connectivity index (χ1n) is 18.5. The molecule has 0 spiro atoms. The molecule has 3 aliphatic heterocycles. The van der Waals surface area contributed by atoms with Gasteiger partial charge in [0.2, 0.25) is 0 Å². The Hall–Kier alpha value is -1.52. The van der Waals surface area contributed by atoms with E-state index < -0.39 is 89.7 Å². The Labute approximate surface area is 305 Å². The molecule has 0 aliphatic carbocycles. The maximum atomic E-state index is 14.1. The molecule has 51 heavy (non-hydrogen) atoms. The second kappa shape index (κ2) is 17.3. The molecule has 0 bridgehead atoms. The van der Waals surface area contributed by atoms with E-state index in [2.05, 4.69) is 0 Å². The van der Waals surface area contributed by atoms with Crippen molar-refractivity contribution in [3.8, 4) is 0 Å². The average Bonchev–Trinajstić information content (AvgIpc) is 3.06. The van der Waals surface area contributed by atoms with Crippen LogP contribution in [0.15, 0.2) is 11.6 Å². The van der Waals surface area contributed by atoms with Crippen molar-refractivity contribution in [2.75, 3.05) is 28.3 Å². The molecule has 0 saturated carbocycles. The number of nitrogens with zero attached hydrogens (tertiary/aromatic N) is 1. The molecule has 3 unspecified atom stereocenters. The monoisotopic (exact) mass is 729 g/mol.